The first-order valence-electron chi connectivity index (χ1n) is 9.95. The molecule has 0 spiro atoms. The van der Waals surface area contributed by atoms with Gasteiger partial charge in [0.1, 0.15) is 0 Å². The molecule has 0 radical (unpaired) electrons. The molecule has 24 heavy (non-hydrogen) atoms. The average molecular weight is 338 g/mol. The Hall–Kier alpha value is -1.06. The number of hydrogen-bond donors (Lipinski definition) is 2. The molecule has 0 aromatic heterocycles. The molecule has 138 valence electrons. The molecule has 0 heterocycles. The zero-order valence-corrected chi connectivity index (χ0v) is 15.2. The third kappa shape index (κ3) is 4.31. The van der Waals surface area contributed by atoms with E-state index >= 15 is 0 Å². The highest BCUT2D eigenvalue weighted by Gasteiger charge is 2.51. The van der Waals surface area contributed by atoms with Crippen LogP contribution in [0.2, 0.25) is 0 Å². The first kappa shape index (κ1) is 19.3. The number of carboxylic acid groups (broad SMARTS) is 2. The van der Waals surface area contributed by atoms with Crippen molar-refractivity contribution < 1.29 is 19.8 Å². The molecule has 4 nitrogen and oxygen atoms in total. The largest absolute Gasteiger partial charge is 0.481 e. The van der Waals surface area contributed by atoms with Crippen molar-refractivity contribution in [3.8, 4) is 0 Å². The van der Waals surface area contributed by atoms with Crippen molar-refractivity contribution in [2.75, 3.05) is 0 Å². The van der Waals surface area contributed by atoms with Gasteiger partial charge in [0, 0.05) is 0 Å². The summed E-state index contributed by atoms with van der Waals surface area (Å²) in [6.45, 7) is 4.28. The van der Waals surface area contributed by atoms with Crippen molar-refractivity contribution in [1.29, 1.82) is 0 Å². The first-order chi connectivity index (χ1) is 11.5. The van der Waals surface area contributed by atoms with E-state index < -0.39 is 23.8 Å². The average Bonchev–Trinajstić information content (AvgIpc) is 2.56. The molecular weight excluding hydrogens is 304 g/mol. The second-order valence-corrected chi connectivity index (χ2v) is 8.10. The highest BCUT2D eigenvalue weighted by molar-refractivity contribution is 5.75. The smallest absolute Gasteiger partial charge is 0.307 e. The normalized spacial score (nSPS) is 36.1. The van der Waals surface area contributed by atoms with Gasteiger partial charge in [-0.2, -0.15) is 0 Å². The van der Waals surface area contributed by atoms with Crippen LogP contribution in [0.4, 0.5) is 0 Å². The Morgan fingerprint density at radius 3 is 2.17 bits per heavy atom. The fourth-order valence-corrected chi connectivity index (χ4v) is 5.42. The van der Waals surface area contributed by atoms with Gasteiger partial charge in [0.05, 0.1) is 11.8 Å². The zero-order valence-electron chi connectivity index (χ0n) is 15.2. The lowest BCUT2D eigenvalue weighted by molar-refractivity contribution is -0.161. The number of carbonyl (C=O) groups is 2. The molecular formula is C20H34O4. The van der Waals surface area contributed by atoms with E-state index in [2.05, 4.69) is 13.8 Å². The molecule has 2 aliphatic carbocycles. The SMILES string of the molecule is CCCCC1CCC2C(C1)CC(C(=O)O)C(CCCC)C2C(=O)O. The maximum Gasteiger partial charge on any atom is 0.307 e. The van der Waals surface area contributed by atoms with Crippen molar-refractivity contribution in [3.63, 3.8) is 0 Å². The lowest BCUT2D eigenvalue weighted by atomic mass is 9.55. The fourth-order valence-electron chi connectivity index (χ4n) is 5.42. The highest BCUT2D eigenvalue weighted by Crippen LogP contribution is 2.52. The second kappa shape index (κ2) is 8.87. The van der Waals surface area contributed by atoms with E-state index in [9.17, 15) is 19.8 Å². The summed E-state index contributed by atoms with van der Waals surface area (Å²) in [5.41, 5.74) is 0. The maximum atomic E-state index is 12.0. The van der Waals surface area contributed by atoms with Crippen LogP contribution in [0.15, 0.2) is 0 Å². The van der Waals surface area contributed by atoms with E-state index in [1.807, 2.05) is 0 Å². The molecule has 0 aliphatic heterocycles. The Kier molecular flexibility index (Phi) is 7.12. The Bertz CT molecular complexity index is 433. The van der Waals surface area contributed by atoms with E-state index in [-0.39, 0.29) is 11.8 Å². The van der Waals surface area contributed by atoms with Crippen molar-refractivity contribution >= 4 is 11.9 Å². The molecule has 2 rings (SSSR count). The maximum absolute atomic E-state index is 12.0. The standard InChI is InChI=1S/C20H34O4/c1-3-5-7-13-9-10-15-14(11-13)12-17(19(21)22)16(8-6-4-2)18(15)20(23)24/h13-18H,3-12H2,1-2H3,(H,21,22)(H,23,24). The number of fused-ring (bicyclic) bond motifs is 1. The Morgan fingerprint density at radius 2 is 1.58 bits per heavy atom. The van der Waals surface area contributed by atoms with Crippen LogP contribution in [-0.2, 0) is 9.59 Å². The van der Waals surface area contributed by atoms with Gasteiger partial charge in [0.25, 0.3) is 0 Å². The summed E-state index contributed by atoms with van der Waals surface area (Å²) in [5, 5.41) is 19.6. The molecule has 6 atom stereocenters. The van der Waals surface area contributed by atoms with Gasteiger partial charge < -0.3 is 10.2 Å². The van der Waals surface area contributed by atoms with E-state index in [0.717, 1.165) is 38.5 Å². The summed E-state index contributed by atoms with van der Waals surface area (Å²) in [7, 11) is 0. The molecule has 0 amide bonds. The molecule has 0 bridgehead atoms. The molecule has 0 saturated heterocycles. The molecule has 2 saturated carbocycles. The van der Waals surface area contributed by atoms with Gasteiger partial charge in [-0.05, 0) is 49.4 Å². The molecule has 4 heteroatoms. The number of carboxylic acids is 2. The summed E-state index contributed by atoms with van der Waals surface area (Å²) in [6.07, 6.45) is 10.1. The Morgan fingerprint density at radius 1 is 0.917 bits per heavy atom. The predicted octanol–water partition coefficient (Wildman–Crippen LogP) is 4.82. The van der Waals surface area contributed by atoms with Gasteiger partial charge in [0.2, 0.25) is 0 Å². The van der Waals surface area contributed by atoms with Crippen molar-refractivity contribution in [2.45, 2.75) is 78.1 Å². The monoisotopic (exact) mass is 338 g/mol. The summed E-state index contributed by atoms with van der Waals surface area (Å²) in [6, 6.07) is 0. The number of rotatable bonds is 8. The van der Waals surface area contributed by atoms with Crippen LogP contribution in [0, 0.1) is 35.5 Å². The highest BCUT2D eigenvalue weighted by atomic mass is 16.4. The molecule has 0 aromatic rings. The number of aliphatic carboxylic acids is 2. The van der Waals surface area contributed by atoms with Crippen LogP contribution in [0.5, 0.6) is 0 Å². The summed E-state index contributed by atoms with van der Waals surface area (Å²) < 4.78 is 0. The van der Waals surface area contributed by atoms with Crippen molar-refractivity contribution in [1.82, 2.24) is 0 Å². The topological polar surface area (TPSA) is 74.6 Å². The lowest BCUT2D eigenvalue weighted by Crippen LogP contribution is -2.48. The summed E-state index contributed by atoms with van der Waals surface area (Å²) in [4.78, 5) is 23.8. The van der Waals surface area contributed by atoms with Gasteiger partial charge in [0.15, 0.2) is 0 Å². The van der Waals surface area contributed by atoms with Gasteiger partial charge in [-0.15, -0.1) is 0 Å². The summed E-state index contributed by atoms with van der Waals surface area (Å²) >= 11 is 0. The quantitative estimate of drug-likeness (QED) is 0.665. The van der Waals surface area contributed by atoms with E-state index in [4.69, 9.17) is 0 Å². The van der Waals surface area contributed by atoms with Crippen molar-refractivity contribution in [3.05, 3.63) is 0 Å². The number of hydrogen-bond acceptors (Lipinski definition) is 2. The Balaban J connectivity index is 2.17. The van der Waals surface area contributed by atoms with Crippen LogP contribution in [0.3, 0.4) is 0 Å². The van der Waals surface area contributed by atoms with Gasteiger partial charge >= 0.3 is 11.9 Å². The zero-order chi connectivity index (χ0) is 17.7. The molecule has 0 aromatic carbocycles. The van der Waals surface area contributed by atoms with Crippen LogP contribution >= 0.6 is 0 Å². The molecule has 2 N–H and O–H groups in total. The van der Waals surface area contributed by atoms with E-state index in [1.165, 1.54) is 19.3 Å². The third-order valence-corrected chi connectivity index (χ3v) is 6.61. The second-order valence-electron chi connectivity index (χ2n) is 8.10. The molecule has 2 fully saturated rings. The van der Waals surface area contributed by atoms with Crippen molar-refractivity contribution in [2.24, 2.45) is 35.5 Å². The van der Waals surface area contributed by atoms with E-state index in [1.54, 1.807) is 0 Å². The van der Waals surface area contributed by atoms with Gasteiger partial charge in [-0.25, -0.2) is 0 Å². The van der Waals surface area contributed by atoms with Crippen LogP contribution < -0.4 is 0 Å². The Labute approximate surface area is 146 Å². The van der Waals surface area contributed by atoms with Gasteiger partial charge in [-0.1, -0.05) is 52.4 Å². The molecule has 6 unspecified atom stereocenters. The van der Waals surface area contributed by atoms with Crippen LogP contribution in [0.25, 0.3) is 0 Å². The first-order valence-corrected chi connectivity index (χ1v) is 9.95. The minimum Gasteiger partial charge on any atom is -0.481 e. The number of unbranched alkanes of at least 4 members (excludes halogenated alkanes) is 2. The minimum absolute atomic E-state index is 0.187. The van der Waals surface area contributed by atoms with Gasteiger partial charge in [-0.3, -0.25) is 9.59 Å². The lowest BCUT2D eigenvalue weighted by Gasteiger charge is -2.48. The predicted molar refractivity (Wildman–Crippen MR) is 93.7 cm³/mol. The third-order valence-electron chi connectivity index (χ3n) is 6.61. The fraction of sp³-hybridized carbons (Fsp3) is 0.900. The van der Waals surface area contributed by atoms with Crippen LogP contribution in [-0.4, -0.2) is 22.2 Å². The minimum atomic E-state index is -0.781. The van der Waals surface area contributed by atoms with E-state index in [0.29, 0.717) is 18.3 Å². The van der Waals surface area contributed by atoms with Crippen LogP contribution in [0.1, 0.15) is 78.1 Å². The molecule has 2 aliphatic rings. The summed E-state index contributed by atoms with van der Waals surface area (Å²) in [5.74, 6) is -1.50.